The van der Waals surface area contributed by atoms with Crippen LogP contribution in [0.5, 0.6) is 0 Å². The topological polar surface area (TPSA) is 84.3 Å². The van der Waals surface area contributed by atoms with E-state index in [2.05, 4.69) is 26.6 Å². The molecule has 2 N–H and O–H groups in total. The molecule has 1 amide bonds. The third-order valence-corrected chi connectivity index (χ3v) is 4.04. The Morgan fingerprint density at radius 1 is 1.58 bits per heavy atom. The smallest absolute Gasteiger partial charge is 0.271 e. The second kappa shape index (κ2) is 5.66. The molecule has 7 heteroatoms. The van der Waals surface area contributed by atoms with E-state index in [-0.39, 0.29) is 17.5 Å². The van der Waals surface area contributed by atoms with Gasteiger partial charge in [-0.25, -0.2) is 0 Å². The summed E-state index contributed by atoms with van der Waals surface area (Å²) in [5, 5.41) is 16.6. The molecule has 6 nitrogen and oxygen atoms in total. The van der Waals surface area contributed by atoms with E-state index in [0.29, 0.717) is 16.1 Å². The van der Waals surface area contributed by atoms with Gasteiger partial charge in [0.1, 0.15) is 0 Å². The van der Waals surface area contributed by atoms with Crippen LogP contribution < -0.4 is 10.6 Å². The lowest BCUT2D eigenvalue weighted by Gasteiger charge is -2.31. The molecule has 0 saturated carbocycles. The molecule has 0 aromatic heterocycles. The van der Waals surface area contributed by atoms with Crippen molar-refractivity contribution in [3.05, 3.63) is 32.8 Å². The van der Waals surface area contributed by atoms with Gasteiger partial charge in [-0.1, -0.05) is 6.92 Å². The van der Waals surface area contributed by atoms with Crippen LogP contribution in [0.15, 0.2) is 22.7 Å². The number of carbonyl (C=O) groups is 1. The van der Waals surface area contributed by atoms with E-state index in [1.165, 1.54) is 12.1 Å². The summed E-state index contributed by atoms with van der Waals surface area (Å²) in [5.74, 6) is 0.0950. The number of non-ortho nitro benzene ring substituents is 1. The predicted molar refractivity (Wildman–Crippen MR) is 74.9 cm³/mol. The maximum Gasteiger partial charge on any atom is 0.271 e. The van der Waals surface area contributed by atoms with Gasteiger partial charge in [-0.2, -0.15) is 0 Å². The van der Waals surface area contributed by atoms with Crippen molar-refractivity contribution < 1.29 is 9.72 Å². The third-order valence-electron chi connectivity index (χ3n) is 3.35. The normalized spacial score (nSPS) is 16.5. The molecule has 1 aromatic carbocycles. The highest BCUT2D eigenvalue weighted by Crippen LogP contribution is 2.28. The Morgan fingerprint density at radius 3 is 2.79 bits per heavy atom. The SMILES string of the molecule is CC(C(=O)Nc1cc([N+](=O)[O-])ccc1Br)C1CNC1. The number of halogens is 1. The van der Waals surface area contributed by atoms with Gasteiger partial charge in [-0.05, 0) is 41.0 Å². The average Bonchev–Trinajstić information content (AvgIpc) is 2.29. The Bertz CT molecular complexity index is 517. The molecule has 1 unspecified atom stereocenters. The van der Waals surface area contributed by atoms with Crippen LogP contribution in [0, 0.1) is 22.0 Å². The Balaban J connectivity index is 2.11. The molecule has 1 aliphatic heterocycles. The van der Waals surface area contributed by atoms with Crippen LogP contribution >= 0.6 is 15.9 Å². The van der Waals surface area contributed by atoms with Crippen molar-refractivity contribution in [3.63, 3.8) is 0 Å². The third kappa shape index (κ3) is 3.10. The van der Waals surface area contributed by atoms with Gasteiger partial charge in [0.25, 0.3) is 5.69 Å². The average molecular weight is 328 g/mol. The van der Waals surface area contributed by atoms with Gasteiger partial charge in [0, 0.05) is 22.5 Å². The minimum absolute atomic E-state index is 0.0449. The Labute approximate surface area is 118 Å². The first kappa shape index (κ1) is 14.0. The van der Waals surface area contributed by atoms with Gasteiger partial charge >= 0.3 is 0 Å². The monoisotopic (exact) mass is 327 g/mol. The van der Waals surface area contributed by atoms with E-state index in [0.717, 1.165) is 13.1 Å². The Morgan fingerprint density at radius 2 is 2.26 bits per heavy atom. The van der Waals surface area contributed by atoms with Crippen LogP contribution in [0.25, 0.3) is 0 Å². The fourth-order valence-corrected chi connectivity index (χ4v) is 2.19. The molecular formula is C12H14BrN3O3. The van der Waals surface area contributed by atoms with Crippen molar-refractivity contribution in [2.45, 2.75) is 6.92 Å². The fraction of sp³-hybridized carbons (Fsp3) is 0.417. The number of benzene rings is 1. The lowest BCUT2D eigenvalue weighted by atomic mass is 9.88. The summed E-state index contributed by atoms with van der Waals surface area (Å²) in [6.45, 7) is 3.54. The molecule has 1 aromatic rings. The number of hydrogen-bond donors (Lipinski definition) is 2. The van der Waals surface area contributed by atoms with Crippen LogP contribution in [-0.4, -0.2) is 23.9 Å². The lowest BCUT2D eigenvalue weighted by molar-refractivity contribution is -0.384. The fourth-order valence-electron chi connectivity index (χ4n) is 1.85. The van der Waals surface area contributed by atoms with Gasteiger partial charge in [-0.15, -0.1) is 0 Å². The number of nitrogens with one attached hydrogen (secondary N) is 2. The molecule has 1 atom stereocenters. The van der Waals surface area contributed by atoms with Crippen molar-refractivity contribution in [3.8, 4) is 0 Å². The summed E-state index contributed by atoms with van der Waals surface area (Å²) in [6.07, 6.45) is 0. The van der Waals surface area contributed by atoms with Crippen LogP contribution in [-0.2, 0) is 4.79 Å². The van der Waals surface area contributed by atoms with Crippen molar-refractivity contribution in [2.75, 3.05) is 18.4 Å². The number of anilines is 1. The minimum atomic E-state index is -0.485. The van der Waals surface area contributed by atoms with E-state index in [4.69, 9.17) is 0 Å². The number of nitro benzene ring substituents is 1. The molecule has 1 fully saturated rings. The number of carbonyl (C=O) groups excluding carboxylic acids is 1. The van der Waals surface area contributed by atoms with Gasteiger partial charge < -0.3 is 10.6 Å². The maximum atomic E-state index is 12.1. The molecule has 2 rings (SSSR count). The highest BCUT2D eigenvalue weighted by molar-refractivity contribution is 9.10. The lowest BCUT2D eigenvalue weighted by Crippen LogP contribution is -2.48. The van der Waals surface area contributed by atoms with Crippen molar-refractivity contribution >= 4 is 33.2 Å². The molecule has 0 spiro atoms. The van der Waals surface area contributed by atoms with Crippen molar-refractivity contribution in [1.29, 1.82) is 0 Å². The summed E-state index contributed by atoms with van der Waals surface area (Å²) >= 11 is 3.28. The zero-order valence-electron chi connectivity index (χ0n) is 10.4. The summed E-state index contributed by atoms with van der Waals surface area (Å²) in [6, 6.07) is 4.30. The second-order valence-electron chi connectivity index (χ2n) is 4.62. The van der Waals surface area contributed by atoms with Crippen LogP contribution in [0.2, 0.25) is 0 Å². The first-order chi connectivity index (χ1) is 8.99. The zero-order valence-corrected chi connectivity index (χ0v) is 11.9. The first-order valence-electron chi connectivity index (χ1n) is 5.94. The van der Waals surface area contributed by atoms with Crippen LogP contribution in [0.4, 0.5) is 11.4 Å². The van der Waals surface area contributed by atoms with E-state index in [1.54, 1.807) is 6.07 Å². The van der Waals surface area contributed by atoms with E-state index in [1.807, 2.05) is 6.92 Å². The van der Waals surface area contributed by atoms with Gasteiger partial charge in [0.15, 0.2) is 0 Å². The summed E-state index contributed by atoms with van der Waals surface area (Å²) in [4.78, 5) is 22.3. The highest BCUT2D eigenvalue weighted by Gasteiger charge is 2.29. The molecular weight excluding hydrogens is 314 g/mol. The van der Waals surface area contributed by atoms with E-state index < -0.39 is 4.92 Å². The Hall–Kier alpha value is -1.47. The Kier molecular flexibility index (Phi) is 4.16. The minimum Gasteiger partial charge on any atom is -0.325 e. The molecule has 0 bridgehead atoms. The molecule has 0 radical (unpaired) electrons. The number of rotatable bonds is 4. The quantitative estimate of drug-likeness (QED) is 0.655. The first-order valence-corrected chi connectivity index (χ1v) is 6.74. The molecule has 1 heterocycles. The van der Waals surface area contributed by atoms with Crippen LogP contribution in [0.1, 0.15) is 6.92 Å². The highest BCUT2D eigenvalue weighted by atomic mass is 79.9. The maximum absolute atomic E-state index is 12.1. The standard InChI is InChI=1S/C12H14BrN3O3/c1-7(8-5-14-6-8)12(17)15-11-4-9(16(18)19)2-3-10(11)13/h2-4,7-8,14H,5-6H2,1H3,(H,15,17). The molecule has 19 heavy (non-hydrogen) atoms. The summed E-state index contributed by atoms with van der Waals surface area (Å²) in [5.41, 5.74) is 0.384. The number of amides is 1. The summed E-state index contributed by atoms with van der Waals surface area (Å²) < 4.78 is 0.630. The molecule has 1 saturated heterocycles. The largest absolute Gasteiger partial charge is 0.325 e. The predicted octanol–water partition coefficient (Wildman–Crippen LogP) is 2.15. The van der Waals surface area contributed by atoms with Gasteiger partial charge in [0.05, 0.1) is 10.6 Å². The van der Waals surface area contributed by atoms with Gasteiger partial charge in [-0.3, -0.25) is 14.9 Å². The van der Waals surface area contributed by atoms with Crippen molar-refractivity contribution in [2.24, 2.45) is 11.8 Å². The number of nitrogens with zero attached hydrogens (tertiary/aromatic N) is 1. The number of nitro groups is 1. The van der Waals surface area contributed by atoms with Crippen LogP contribution in [0.3, 0.4) is 0 Å². The molecule has 102 valence electrons. The van der Waals surface area contributed by atoms with E-state index >= 15 is 0 Å². The second-order valence-corrected chi connectivity index (χ2v) is 5.47. The zero-order chi connectivity index (χ0) is 14.0. The summed E-state index contributed by atoms with van der Waals surface area (Å²) in [7, 11) is 0. The van der Waals surface area contributed by atoms with Crippen molar-refractivity contribution in [1.82, 2.24) is 5.32 Å². The molecule has 1 aliphatic rings. The molecule has 0 aliphatic carbocycles. The van der Waals surface area contributed by atoms with Gasteiger partial charge in [0.2, 0.25) is 5.91 Å². The van der Waals surface area contributed by atoms with E-state index in [9.17, 15) is 14.9 Å². The number of hydrogen-bond acceptors (Lipinski definition) is 4.